The number of nitrogens with zero attached hydrogens (tertiary/aromatic N) is 1. The first kappa shape index (κ1) is 20.6. The van der Waals surface area contributed by atoms with E-state index in [-0.39, 0.29) is 11.5 Å². The van der Waals surface area contributed by atoms with Gasteiger partial charge in [-0.3, -0.25) is 4.90 Å². The van der Waals surface area contributed by atoms with Gasteiger partial charge in [0.2, 0.25) is 0 Å². The Labute approximate surface area is 157 Å². The van der Waals surface area contributed by atoms with Crippen LogP contribution < -0.4 is 10.5 Å². The highest BCUT2D eigenvalue weighted by Crippen LogP contribution is 2.56. The zero-order valence-electron chi connectivity index (χ0n) is 16.9. The standard InChI is InChI=1S/C21H34N2O3/c1-6-12-25-19-13-16(22)10-11-17(19)20(24)26-14-21(23(8-3)9-4)15(5)18(21)7-2/h10-11,13,15,18H,6-9,12,14,22H2,1-5H3. The number of nitrogens with two attached hydrogens (primary N) is 1. The monoisotopic (exact) mass is 362 g/mol. The Morgan fingerprint density at radius 1 is 1.23 bits per heavy atom. The zero-order chi connectivity index (χ0) is 19.3. The zero-order valence-corrected chi connectivity index (χ0v) is 16.9. The summed E-state index contributed by atoms with van der Waals surface area (Å²) >= 11 is 0. The van der Waals surface area contributed by atoms with E-state index < -0.39 is 0 Å². The highest BCUT2D eigenvalue weighted by atomic mass is 16.5. The summed E-state index contributed by atoms with van der Waals surface area (Å²) in [6.45, 7) is 13.7. The normalized spacial score (nSPS) is 24.5. The summed E-state index contributed by atoms with van der Waals surface area (Å²) in [5, 5.41) is 0. The molecule has 5 nitrogen and oxygen atoms in total. The third-order valence-corrected chi connectivity index (χ3v) is 5.84. The van der Waals surface area contributed by atoms with Crippen LogP contribution in [0.5, 0.6) is 5.75 Å². The number of anilines is 1. The Hall–Kier alpha value is -1.75. The predicted molar refractivity (Wildman–Crippen MR) is 106 cm³/mol. The Balaban J connectivity index is 2.14. The van der Waals surface area contributed by atoms with Gasteiger partial charge in [-0.25, -0.2) is 4.79 Å². The van der Waals surface area contributed by atoms with Crippen LogP contribution in [0.25, 0.3) is 0 Å². The number of carbonyl (C=O) groups excluding carboxylic acids is 1. The van der Waals surface area contributed by atoms with Gasteiger partial charge in [0.1, 0.15) is 17.9 Å². The van der Waals surface area contributed by atoms with E-state index in [0.29, 0.717) is 42.0 Å². The topological polar surface area (TPSA) is 64.8 Å². The minimum atomic E-state index is -0.336. The van der Waals surface area contributed by atoms with Gasteiger partial charge in [-0.1, -0.05) is 41.0 Å². The van der Waals surface area contributed by atoms with E-state index >= 15 is 0 Å². The van der Waals surface area contributed by atoms with Crippen molar-refractivity contribution in [2.75, 3.05) is 32.0 Å². The number of carbonyl (C=O) groups is 1. The van der Waals surface area contributed by atoms with Crippen molar-refractivity contribution in [2.24, 2.45) is 11.8 Å². The summed E-state index contributed by atoms with van der Waals surface area (Å²) in [6.07, 6.45) is 1.96. The lowest BCUT2D eigenvalue weighted by molar-refractivity contribution is 0.0256. The van der Waals surface area contributed by atoms with Crippen molar-refractivity contribution in [1.82, 2.24) is 4.90 Å². The van der Waals surface area contributed by atoms with Crippen LogP contribution in [-0.2, 0) is 4.74 Å². The lowest BCUT2D eigenvalue weighted by atomic mass is 10.1. The number of nitrogen functional groups attached to an aromatic ring is 1. The third-order valence-electron chi connectivity index (χ3n) is 5.84. The second kappa shape index (κ2) is 8.76. The highest BCUT2D eigenvalue weighted by Gasteiger charge is 2.64. The molecule has 0 bridgehead atoms. The molecule has 0 aliphatic heterocycles. The summed E-state index contributed by atoms with van der Waals surface area (Å²) < 4.78 is 11.5. The summed E-state index contributed by atoms with van der Waals surface area (Å²) in [5.41, 5.74) is 6.83. The number of likely N-dealkylation sites (N-methyl/N-ethyl adjacent to an activating group) is 1. The minimum Gasteiger partial charge on any atom is -0.493 e. The average molecular weight is 363 g/mol. The minimum absolute atomic E-state index is 0.0356. The number of esters is 1. The van der Waals surface area contributed by atoms with Crippen LogP contribution in [0.3, 0.4) is 0 Å². The molecule has 3 unspecified atom stereocenters. The molecule has 0 heterocycles. The number of hydrogen-bond acceptors (Lipinski definition) is 5. The van der Waals surface area contributed by atoms with E-state index in [1.54, 1.807) is 18.2 Å². The smallest absolute Gasteiger partial charge is 0.341 e. The fraction of sp³-hybridized carbons (Fsp3) is 0.667. The maximum Gasteiger partial charge on any atom is 0.341 e. The van der Waals surface area contributed by atoms with Crippen molar-refractivity contribution in [3.05, 3.63) is 23.8 Å². The number of rotatable bonds is 10. The van der Waals surface area contributed by atoms with Gasteiger partial charge in [0.05, 0.1) is 12.1 Å². The molecule has 1 saturated carbocycles. The molecule has 0 amide bonds. The first-order valence-electron chi connectivity index (χ1n) is 9.90. The third kappa shape index (κ3) is 3.83. The van der Waals surface area contributed by atoms with Crippen molar-refractivity contribution in [3.8, 4) is 5.75 Å². The van der Waals surface area contributed by atoms with E-state index in [4.69, 9.17) is 15.2 Å². The molecule has 0 spiro atoms. The molecular formula is C21H34N2O3. The maximum absolute atomic E-state index is 12.8. The lowest BCUT2D eigenvalue weighted by Crippen LogP contribution is -2.44. The molecule has 1 aliphatic rings. The highest BCUT2D eigenvalue weighted by molar-refractivity contribution is 5.93. The van der Waals surface area contributed by atoms with Gasteiger partial charge in [-0.05, 0) is 43.5 Å². The summed E-state index contributed by atoms with van der Waals surface area (Å²) in [6, 6.07) is 5.10. The fourth-order valence-corrected chi connectivity index (χ4v) is 4.38. The molecule has 3 atom stereocenters. The molecule has 5 heteroatoms. The van der Waals surface area contributed by atoms with Gasteiger partial charge in [0.25, 0.3) is 0 Å². The van der Waals surface area contributed by atoms with E-state index in [2.05, 4.69) is 32.6 Å². The van der Waals surface area contributed by atoms with Crippen LogP contribution in [0.2, 0.25) is 0 Å². The molecule has 146 valence electrons. The van der Waals surface area contributed by atoms with Crippen LogP contribution in [0.15, 0.2) is 18.2 Å². The summed E-state index contributed by atoms with van der Waals surface area (Å²) in [7, 11) is 0. The van der Waals surface area contributed by atoms with Gasteiger partial charge in [0, 0.05) is 11.8 Å². The van der Waals surface area contributed by atoms with Gasteiger partial charge < -0.3 is 15.2 Å². The van der Waals surface area contributed by atoms with Crippen LogP contribution in [0.1, 0.15) is 57.8 Å². The largest absolute Gasteiger partial charge is 0.493 e. The van der Waals surface area contributed by atoms with Crippen LogP contribution in [0, 0.1) is 11.8 Å². The Morgan fingerprint density at radius 2 is 1.92 bits per heavy atom. The first-order valence-corrected chi connectivity index (χ1v) is 9.90. The molecule has 2 rings (SSSR count). The molecule has 0 radical (unpaired) electrons. The van der Waals surface area contributed by atoms with E-state index in [0.717, 1.165) is 25.9 Å². The first-order chi connectivity index (χ1) is 12.5. The van der Waals surface area contributed by atoms with Crippen molar-refractivity contribution in [3.63, 3.8) is 0 Å². The predicted octanol–water partition coefficient (Wildman–Crippen LogP) is 3.97. The molecule has 2 N–H and O–H groups in total. The maximum atomic E-state index is 12.8. The van der Waals surface area contributed by atoms with E-state index in [1.165, 1.54) is 0 Å². The fourth-order valence-electron chi connectivity index (χ4n) is 4.38. The lowest BCUT2D eigenvalue weighted by Gasteiger charge is -2.31. The van der Waals surface area contributed by atoms with Gasteiger partial charge in [-0.2, -0.15) is 0 Å². The quantitative estimate of drug-likeness (QED) is 0.504. The molecule has 1 aliphatic carbocycles. The Kier molecular flexibility index (Phi) is 6.93. The van der Waals surface area contributed by atoms with Crippen molar-refractivity contribution >= 4 is 11.7 Å². The van der Waals surface area contributed by atoms with E-state index in [1.807, 2.05) is 6.92 Å². The molecule has 1 aromatic carbocycles. The molecular weight excluding hydrogens is 328 g/mol. The van der Waals surface area contributed by atoms with Crippen LogP contribution in [-0.4, -0.2) is 42.7 Å². The number of hydrogen-bond donors (Lipinski definition) is 1. The second-order valence-corrected chi connectivity index (χ2v) is 7.15. The molecule has 26 heavy (non-hydrogen) atoms. The Morgan fingerprint density at radius 3 is 2.46 bits per heavy atom. The Bertz CT molecular complexity index is 615. The molecule has 1 aromatic rings. The average Bonchev–Trinajstić information content (AvgIpc) is 3.22. The number of ether oxygens (including phenoxy) is 2. The number of benzene rings is 1. The van der Waals surface area contributed by atoms with E-state index in [9.17, 15) is 4.79 Å². The van der Waals surface area contributed by atoms with Crippen molar-refractivity contribution in [1.29, 1.82) is 0 Å². The SMILES string of the molecule is CCCOc1cc(N)ccc1C(=O)OCC1(N(CC)CC)C(C)C1CC. The van der Waals surface area contributed by atoms with Gasteiger partial charge in [0.15, 0.2) is 0 Å². The second-order valence-electron chi connectivity index (χ2n) is 7.15. The van der Waals surface area contributed by atoms with Crippen molar-refractivity contribution in [2.45, 2.75) is 53.0 Å². The van der Waals surface area contributed by atoms with Crippen LogP contribution in [0.4, 0.5) is 5.69 Å². The summed E-state index contributed by atoms with van der Waals surface area (Å²) in [5.74, 6) is 1.26. The molecule has 1 fully saturated rings. The van der Waals surface area contributed by atoms with Crippen LogP contribution >= 0.6 is 0 Å². The van der Waals surface area contributed by atoms with Crippen molar-refractivity contribution < 1.29 is 14.3 Å². The van der Waals surface area contributed by atoms with Gasteiger partial charge in [-0.15, -0.1) is 0 Å². The van der Waals surface area contributed by atoms with Gasteiger partial charge >= 0.3 is 5.97 Å². The molecule has 0 saturated heterocycles. The molecule has 0 aromatic heterocycles. The summed E-state index contributed by atoms with van der Waals surface area (Å²) in [4.78, 5) is 15.2.